The summed E-state index contributed by atoms with van der Waals surface area (Å²) >= 11 is 0. The predicted molar refractivity (Wildman–Crippen MR) is 74.3 cm³/mol. The van der Waals surface area contributed by atoms with Crippen LogP contribution in [0.15, 0.2) is 42.7 Å². The van der Waals surface area contributed by atoms with Gasteiger partial charge in [-0.2, -0.15) is 5.10 Å². The monoisotopic (exact) mass is 243 g/mol. The maximum absolute atomic E-state index is 4.19. The van der Waals surface area contributed by atoms with Crippen molar-refractivity contribution in [1.29, 1.82) is 0 Å². The average molecular weight is 243 g/mol. The van der Waals surface area contributed by atoms with Crippen LogP contribution in [0.1, 0.15) is 17.5 Å². The lowest BCUT2D eigenvalue weighted by Crippen LogP contribution is -2.19. The van der Waals surface area contributed by atoms with Gasteiger partial charge in [-0.1, -0.05) is 30.3 Å². The van der Waals surface area contributed by atoms with E-state index in [1.165, 1.54) is 17.5 Å². The summed E-state index contributed by atoms with van der Waals surface area (Å²) < 4.78 is 1.86. The van der Waals surface area contributed by atoms with Gasteiger partial charge in [0.15, 0.2) is 0 Å². The highest BCUT2D eigenvalue weighted by atomic mass is 15.2. The Morgan fingerprint density at radius 2 is 1.94 bits per heavy atom. The lowest BCUT2D eigenvalue weighted by molar-refractivity contribution is 0.322. The lowest BCUT2D eigenvalue weighted by Gasteiger charge is -2.16. The fourth-order valence-corrected chi connectivity index (χ4v) is 2.13. The standard InChI is InChI=1S/C15H21N3/c1-17(12-14-7-4-3-5-8-14)10-6-9-15-11-16-18(2)13-15/h3-5,7-8,11,13H,6,9-10,12H2,1-2H3. The largest absolute Gasteiger partial charge is 0.302 e. The van der Waals surface area contributed by atoms with Crippen molar-refractivity contribution in [2.75, 3.05) is 13.6 Å². The molecule has 0 N–H and O–H groups in total. The zero-order valence-corrected chi connectivity index (χ0v) is 11.2. The summed E-state index contributed by atoms with van der Waals surface area (Å²) in [4.78, 5) is 2.37. The third-order valence-corrected chi connectivity index (χ3v) is 3.06. The molecule has 96 valence electrons. The van der Waals surface area contributed by atoms with Gasteiger partial charge < -0.3 is 4.90 Å². The van der Waals surface area contributed by atoms with Gasteiger partial charge in [0.2, 0.25) is 0 Å². The molecule has 1 aromatic carbocycles. The quantitative estimate of drug-likeness (QED) is 0.777. The van der Waals surface area contributed by atoms with Crippen LogP contribution in [-0.4, -0.2) is 28.3 Å². The smallest absolute Gasteiger partial charge is 0.0521 e. The number of rotatable bonds is 6. The summed E-state index contributed by atoms with van der Waals surface area (Å²) in [7, 11) is 4.14. The van der Waals surface area contributed by atoms with Crippen LogP contribution in [0.25, 0.3) is 0 Å². The van der Waals surface area contributed by atoms with Crippen molar-refractivity contribution < 1.29 is 0 Å². The molecule has 0 aliphatic heterocycles. The molecule has 1 aromatic heterocycles. The first-order valence-corrected chi connectivity index (χ1v) is 6.44. The Bertz CT molecular complexity index is 462. The van der Waals surface area contributed by atoms with Crippen molar-refractivity contribution in [3.05, 3.63) is 53.9 Å². The first-order chi connectivity index (χ1) is 8.74. The molecule has 0 aliphatic carbocycles. The molecule has 0 unspecified atom stereocenters. The highest BCUT2D eigenvalue weighted by molar-refractivity contribution is 5.14. The van der Waals surface area contributed by atoms with Crippen LogP contribution in [0, 0.1) is 0 Å². The lowest BCUT2D eigenvalue weighted by atomic mass is 10.2. The van der Waals surface area contributed by atoms with Gasteiger partial charge in [0, 0.05) is 19.8 Å². The van der Waals surface area contributed by atoms with Crippen molar-refractivity contribution in [3.8, 4) is 0 Å². The van der Waals surface area contributed by atoms with Crippen LogP contribution in [0.4, 0.5) is 0 Å². The van der Waals surface area contributed by atoms with Crippen LogP contribution >= 0.6 is 0 Å². The average Bonchev–Trinajstić information content (AvgIpc) is 2.76. The van der Waals surface area contributed by atoms with Crippen molar-refractivity contribution in [3.63, 3.8) is 0 Å². The number of aromatic nitrogens is 2. The van der Waals surface area contributed by atoms with Gasteiger partial charge in [0.1, 0.15) is 0 Å². The minimum absolute atomic E-state index is 1.02. The first kappa shape index (κ1) is 12.8. The minimum atomic E-state index is 1.02. The van der Waals surface area contributed by atoms with Gasteiger partial charge in [-0.3, -0.25) is 4.68 Å². The molecule has 0 aliphatic rings. The third-order valence-electron chi connectivity index (χ3n) is 3.06. The van der Waals surface area contributed by atoms with Gasteiger partial charge in [0.05, 0.1) is 6.20 Å². The summed E-state index contributed by atoms with van der Waals surface area (Å²) in [6, 6.07) is 10.6. The molecular formula is C15H21N3. The number of hydrogen-bond acceptors (Lipinski definition) is 2. The third kappa shape index (κ3) is 4.00. The van der Waals surface area contributed by atoms with Crippen LogP contribution in [0.2, 0.25) is 0 Å². The number of hydrogen-bond donors (Lipinski definition) is 0. The van der Waals surface area contributed by atoms with Crippen molar-refractivity contribution in [1.82, 2.24) is 14.7 Å². The Morgan fingerprint density at radius 1 is 1.17 bits per heavy atom. The van der Waals surface area contributed by atoms with Crippen LogP contribution in [0.3, 0.4) is 0 Å². The predicted octanol–water partition coefficient (Wildman–Crippen LogP) is 2.48. The van der Waals surface area contributed by atoms with E-state index in [2.05, 4.69) is 53.6 Å². The zero-order valence-electron chi connectivity index (χ0n) is 11.2. The van der Waals surface area contributed by atoms with Gasteiger partial charge in [-0.05, 0) is 37.6 Å². The van der Waals surface area contributed by atoms with E-state index in [-0.39, 0.29) is 0 Å². The van der Waals surface area contributed by atoms with Gasteiger partial charge in [-0.15, -0.1) is 0 Å². The van der Waals surface area contributed by atoms with E-state index < -0.39 is 0 Å². The molecule has 0 bridgehead atoms. The number of aryl methyl sites for hydroxylation is 2. The Labute approximate surface area is 109 Å². The molecule has 0 amide bonds. The second-order valence-corrected chi connectivity index (χ2v) is 4.85. The molecule has 0 atom stereocenters. The molecule has 2 aromatic rings. The van der Waals surface area contributed by atoms with Crippen molar-refractivity contribution >= 4 is 0 Å². The van der Waals surface area contributed by atoms with E-state index >= 15 is 0 Å². The molecule has 18 heavy (non-hydrogen) atoms. The minimum Gasteiger partial charge on any atom is -0.302 e. The van der Waals surface area contributed by atoms with E-state index in [4.69, 9.17) is 0 Å². The SMILES string of the molecule is CN(CCCc1cnn(C)c1)Cc1ccccc1. The molecule has 3 heteroatoms. The molecule has 0 saturated carbocycles. The topological polar surface area (TPSA) is 21.1 Å². The maximum atomic E-state index is 4.19. The van der Waals surface area contributed by atoms with Crippen molar-refractivity contribution in [2.45, 2.75) is 19.4 Å². The van der Waals surface area contributed by atoms with E-state index in [0.29, 0.717) is 0 Å². The van der Waals surface area contributed by atoms with Crippen LogP contribution < -0.4 is 0 Å². The second-order valence-electron chi connectivity index (χ2n) is 4.85. The zero-order chi connectivity index (χ0) is 12.8. The Kier molecular flexibility index (Phi) is 4.53. The summed E-state index contributed by atoms with van der Waals surface area (Å²) in [6.45, 7) is 2.14. The Morgan fingerprint density at radius 3 is 2.61 bits per heavy atom. The molecule has 3 nitrogen and oxygen atoms in total. The molecule has 0 spiro atoms. The van der Waals surface area contributed by atoms with Crippen LogP contribution in [0.5, 0.6) is 0 Å². The summed E-state index contributed by atoms with van der Waals surface area (Å²) in [6.07, 6.45) is 6.33. The Hall–Kier alpha value is -1.61. The summed E-state index contributed by atoms with van der Waals surface area (Å²) in [5.74, 6) is 0. The second kappa shape index (κ2) is 6.36. The fourth-order valence-electron chi connectivity index (χ4n) is 2.13. The highest BCUT2D eigenvalue weighted by Crippen LogP contribution is 2.05. The number of benzene rings is 1. The normalized spacial score (nSPS) is 11.1. The molecule has 0 fully saturated rings. The summed E-state index contributed by atoms with van der Waals surface area (Å²) in [5, 5.41) is 4.19. The van der Waals surface area contributed by atoms with E-state index in [0.717, 1.165) is 19.5 Å². The Balaban J connectivity index is 1.70. The van der Waals surface area contributed by atoms with E-state index in [1.807, 2.05) is 17.9 Å². The highest BCUT2D eigenvalue weighted by Gasteiger charge is 2.01. The summed E-state index contributed by atoms with van der Waals surface area (Å²) in [5.41, 5.74) is 2.70. The molecule has 2 rings (SSSR count). The number of nitrogens with zero attached hydrogens (tertiary/aromatic N) is 3. The maximum Gasteiger partial charge on any atom is 0.0521 e. The fraction of sp³-hybridized carbons (Fsp3) is 0.400. The first-order valence-electron chi connectivity index (χ1n) is 6.44. The van der Waals surface area contributed by atoms with Gasteiger partial charge in [-0.25, -0.2) is 0 Å². The van der Waals surface area contributed by atoms with Crippen molar-refractivity contribution in [2.24, 2.45) is 7.05 Å². The van der Waals surface area contributed by atoms with Gasteiger partial charge in [0.25, 0.3) is 0 Å². The van der Waals surface area contributed by atoms with Gasteiger partial charge >= 0.3 is 0 Å². The van der Waals surface area contributed by atoms with E-state index in [9.17, 15) is 0 Å². The molecule has 1 heterocycles. The van der Waals surface area contributed by atoms with Crippen LogP contribution in [-0.2, 0) is 20.0 Å². The molecular weight excluding hydrogens is 222 g/mol. The molecule has 0 radical (unpaired) electrons. The van der Waals surface area contributed by atoms with E-state index in [1.54, 1.807) is 0 Å². The molecule has 0 saturated heterocycles.